The normalized spacial score (nSPS) is 15.2. The summed E-state index contributed by atoms with van der Waals surface area (Å²) >= 11 is 0. The van der Waals surface area contributed by atoms with Gasteiger partial charge in [0.1, 0.15) is 0 Å². The first-order valence-electron chi connectivity index (χ1n) is 8.45. The Hall–Kier alpha value is -2.34. The van der Waals surface area contributed by atoms with E-state index in [0.717, 1.165) is 23.3 Å². The molecule has 0 bridgehead atoms. The molecule has 0 heterocycles. The molecule has 0 spiro atoms. The van der Waals surface area contributed by atoms with Gasteiger partial charge in [-0.05, 0) is 36.6 Å². The number of hydrogen-bond donors (Lipinski definition) is 2. The van der Waals surface area contributed by atoms with Crippen molar-refractivity contribution in [3.63, 3.8) is 0 Å². The Morgan fingerprint density at radius 3 is 2.15 bits per heavy atom. The highest BCUT2D eigenvalue weighted by Crippen LogP contribution is 2.29. The summed E-state index contributed by atoms with van der Waals surface area (Å²) in [6.45, 7) is 3.58. The maximum absolute atomic E-state index is 12.6. The second-order valence-corrected chi connectivity index (χ2v) is 6.53. The molecule has 26 heavy (non-hydrogen) atoms. The molecule has 0 aliphatic carbocycles. The van der Waals surface area contributed by atoms with Gasteiger partial charge in [0, 0.05) is 12.1 Å². The van der Waals surface area contributed by atoms with Gasteiger partial charge in [-0.25, -0.2) is 0 Å². The molecule has 0 saturated carbocycles. The van der Waals surface area contributed by atoms with E-state index in [9.17, 15) is 18.0 Å². The summed E-state index contributed by atoms with van der Waals surface area (Å²) in [6, 6.07) is 13.7. The predicted octanol–water partition coefficient (Wildman–Crippen LogP) is 4.09. The number of benzene rings is 2. The van der Waals surface area contributed by atoms with Crippen LogP contribution in [0.25, 0.3) is 0 Å². The molecule has 2 rings (SSSR count). The van der Waals surface area contributed by atoms with E-state index < -0.39 is 23.7 Å². The minimum atomic E-state index is -4.35. The second kappa shape index (κ2) is 8.36. The molecule has 3 unspecified atom stereocenters. The summed E-state index contributed by atoms with van der Waals surface area (Å²) in [6.07, 6.45) is -3.90. The molecular formula is C20H23F3N2O. The van der Waals surface area contributed by atoms with Crippen LogP contribution in [0.15, 0.2) is 54.6 Å². The number of nitrogens with one attached hydrogen (secondary N) is 1. The van der Waals surface area contributed by atoms with Crippen LogP contribution in [0.2, 0.25) is 0 Å². The van der Waals surface area contributed by atoms with Crippen molar-refractivity contribution in [1.82, 2.24) is 5.32 Å². The maximum atomic E-state index is 12.6. The maximum Gasteiger partial charge on any atom is 0.416 e. The van der Waals surface area contributed by atoms with Gasteiger partial charge in [-0.15, -0.1) is 0 Å². The lowest BCUT2D eigenvalue weighted by Gasteiger charge is -2.22. The third-order valence-electron chi connectivity index (χ3n) is 4.35. The first-order chi connectivity index (χ1) is 12.2. The topological polar surface area (TPSA) is 55.1 Å². The summed E-state index contributed by atoms with van der Waals surface area (Å²) in [7, 11) is 0. The summed E-state index contributed by atoms with van der Waals surface area (Å²) in [4.78, 5) is 12.4. The molecule has 3 atom stereocenters. The van der Waals surface area contributed by atoms with E-state index in [-0.39, 0.29) is 11.9 Å². The zero-order valence-electron chi connectivity index (χ0n) is 14.8. The Morgan fingerprint density at radius 1 is 1.04 bits per heavy atom. The molecular weight excluding hydrogens is 341 g/mol. The van der Waals surface area contributed by atoms with Gasteiger partial charge in [0.25, 0.3) is 0 Å². The highest BCUT2D eigenvalue weighted by Gasteiger charge is 2.30. The van der Waals surface area contributed by atoms with Crippen LogP contribution in [-0.2, 0) is 17.4 Å². The average molecular weight is 364 g/mol. The number of rotatable bonds is 6. The molecule has 140 valence electrons. The van der Waals surface area contributed by atoms with Crippen LogP contribution in [0, 0.1) is 5.92 Å². The first-order valence-corrected chi connectivity index (χ1v) is 8.45. The number of halogens is 3. The second-order valence-electron chi connectivity index (χ2n) is 6.53. The summed E-state index contributed by atoms with van der Waals surface area (Å²) in [5, 5.41) is 2.88. The van der Waals surface area contributed by atoms with E-state index >= 15 is 0 Å². The molecule has 2 aromatic carbocycles. The Balaban J connectivity index is 1.92. The number of carbonyl (C=O) groups is 1. The summed E-state index contributed by atoms with van der Waals surface area (Å²) in [5.41, 5.74) is 7.09. The van der Waals surface area contributed by atoms with Crippen molar-refractivity contribution < 1.29 is 18.0 Å². The minimum absolute atomic E-state index is 0.180. The van der Waals surface area contributed by atoms with Crippen molar-refractivity contribution in [2.45, 2.75) is 38.5 Å². The number of hydrogen-bond acceptors (Lipinski definition) is 2. The van der Waals surface area contributed by atoms with Gasteiger partial charge in [-0.2, -0.15) is 13.2 Å². The SMILES string of the molecule is CC(Cc1ccc(C(F)(F)F)cc1)NC(=O)C(C)C(N)c1ccccc1. The van der Waals surface area contributed by atoms with Crippen LogP contribution in [0.4, 0.5) is 13.2 Å². The summed E-state index contributed by atoms with van der Waals surface area (Å²) < 4.78 is 37.8. The third kappa shape index (κ3) is 5.33. The lowest BCUT2D eigenvalue weighted by atomic mass is 9.94. The molecule has 2 aromatic rings. The van der Waals surface area contributed by atoms with Crippen molar-refractivity contribution in [1.29, 1.82) is 0 Å². The van der Waals surface area contributed by atoms with E-state index in [1.807, 2.05) is 37.3 Å². The molecule has 6 heteroatoms. The Morgan fingerprint density at radius 2 is 1.62 bits per heavy atom. The van der Waals surface area contributed by atoms with Crippen LogP contribution in [0.1, 0.15) is 36.6 Å². The van der Waals surface area contributed by atoms with Crippen LogP contribution < -0.4 is 11.1 Å². The van der Waals surface area contributed by atoms with E-state index in [2.05, 4.69) is 5.32 Å². The third-order valence-corrected chi connectivity index (χ3v) is 4.35. The number of nitrogens with two attached hydrogens (primary N) is 1. The number of amides is 1. The Kier molecular flexibility index (Phi) is 6.42. The monoisotopic (exact) mass is 364 g/mol. The van der Waals surface area contributed by atoms with Gasteiger partial charge in [0.2, 0.25) is 5.91 Å². The number of alkyl halides is 3. The van der Waals surface area contributed by atoms with Crippen molar-refractivity contribution in [3.8, 4) is 0 Å². The largest absolute Gasteiger partial charge is 0.416 e. The fraction of sp³-hybridized carbons (Fsp3) is 0.350. The van der Waals surface area contributed by atoms with Gasteiger partial charge in [-0.1, -0.05) is 49.4 Å². The highest BCUT2D eigenvalue weighted by molar-refractivity contribution is 5.79. The lowest BCUT2D eigenvalue weighted by Crippen LogP contribution is -2.41. The van der Waals surface area contributed by atoms with E-state index in [1.165, 1.54) is 12.1 Å². The molecule has 0 radical (unpaired) electrons. The van der Waals surface area contributed by atoms with Crippen molar-refractivity contribution in [2.24, 2.45) is 11.7 Å². The van der Waals surface area contributed by atoms with Crippen LogP contribution in [0.5, 0.6) is 0 Å². The molecule has 0 aliphatic heterocycles. The van der Waals surface area contributed by atoms with Gasteiger partial charge in [-0.3, -0.25) is 4.79 Å². The van der Waals surface area contributed by atoms with Gasteiger partial charge < -0.3 is 11.1 Å². The predicted molar refractivity (Wildman–Crippen MR) is 95.3 cm³/mol. The van der Waals surface area contributed by atoms with Gasteiger partial charge in [0.05, 0.1) is 11.5 Å². The van der Waals surface area contributed by atoms with E-state index in [1.54, 1.807) is 6.92 Å². The summed E-state index contributed by atoms with van der Waals surface area (Å²) in [5.74, 6) is -0.603. The number of carbonyl (C=O) groups excluding carboxylic acids is 1. The molecule has 0 fully saturated rings. The fourth-order valence-corrected chi connectivity index (χ4v) is 2.74. The molecule has 0 aromatic heterocycles. The quantitative estimate of drug-likeness (QED) is 0.811. The van der Waals surface area contributed by atoms with Crippen molar-refractivity contribution in [2.75, 3.05) is 0 Å². The Labute approximate surface area is 151 Å². The van der Waals surface area contributed by atoms with Crippen LogP contribution >= 0.6 is 0 Å². The first kappa shape index (κ1) is 20.0. The van der Waals surface area contributed by atoms with Crippen molar-refractivity contribution >= 4 is 5.91 Å². The minimum Gasteiger partial charge on any atom is -0.353 e. The van der Waals surface area contributed by atoms with Crippen molar-refractivity contribution in [3.05, 3.63) is 71.3 Å². The zero-order valence-corrected chi connectivity index (χ0v) is 14.8. The van der Waals surface area contributed by atoms with Gasteiger partial charge in [0.15, 0.2) is 0 Å². The highest BCUT2D eigenvalue weighted by atomic mass is 19.4. The lowest BCUT2D eigenvalue weighted by molar-refractivity contribution is -0.137. The molecule has 1 amide bonds. The van der Waals surface area contributed by atoms with Crippen LogP contribution in [0.3, 0.4) is 0 Å². The molecule has 0 aliphatic rings. The molecule has 3 N–H and O–H groups in total. The Bertz CT molecular complexity index is 714. The smallest absolute Gasteiger partial charge is 0.353 e. The molecule has 0 saturated heterocycles. The van der Waals surface area contributed by atoms with Gasteiger partial charge >= 0.3 is 6.18 Å². The van der Waals surface area contributed by atoms with E-state index in [4.69, 9.17) is 5.73 Å². The zero-order chi connectivity index (χ0) is 19.3. The standard InChI is InChI=1S/C20H23F3N2O/c1-13(12-15-8-10-17(11-9-15)20(21,22)23)25-19(26)14(2)18(24)16-6-4-3-5-7-16/h3-11,13-14,18H,12,24H2,1-2H3,(H,25,26). The van der Waals surface area contributed by atoms with E-state index in [0.29, 0.717) is 6.42 Å². The van der Waals surface area contributed by atoms with Crippen LogP contribution in [-0.4, -0.2) is 11.9 Å². The fourth-order valence-electron chi connectivity index (χ4n) is 2.74. The molecule has 3 nitrogen and oxygen atoms in total. The average Bonchev–Trinajstić information content (AvgIpc) is 2.60.